The van der Waals surface area contributed by atoms with E-state index in [1.54, 1.807) is 17.8 Å². The molecule has 0 unspecified atom stereocenters. The minimum absolute atomic E-state index is 0.0793. The van der Waals surface area contributed by atoms with Crippen LogP contribution in [0.1, 0.15) is 12.5 Å². The number of halogens is 1. The number of hydrogen-bond donors (Lipinski definition) is 0. The van der Waals surface area contributed by atoms with Crippen molar-refractivity contribution in [3.05, 3.63) is 34.8 Å². The molecule has 0 fully saturated rings. The van der Waals surface area contributed by atoms with Gasteiger partial charge in [0.15, 0.2) is 0 Å². The van der Waals surface area contributed by atoms with Crippen LogP contribution in [0.3, 0.4) is 0 Å². The first-order chi connectivity index (χ1) is 5.27. The summed E-state index contributed by atoms with van der Waals surface area (Å²) in [5.41, 5.74) is 1.13. The van der Waals surface area contributed by atoms with Gasteiger partial charge in [-0.1, -0.05) is 12.1 Å². The van der Waals surface area contributed by atoms with E-state index >= 15 is 0 Å². The lowest BCUT2D eigenvalue weighted by molar-refractivity contribution is 0.600. The van der Waals surface area contributed by atoms with Gasteiger partial charge in [-0.05, 0) is 25.0 Å². The van der Waals surface area contributed by atoms with Crippen molar-refractivity contribution in [2.75, 3.05) is 0 Å². The summed E-state index contributed by atoms with van der Waals surface area (Å²) in [6.45, 7) is 2.05. The normalized spacial score (nSPS) is 16.9. The Morgan fingerprint density at radius 1 is 1.45 bits per heavy atom. The number of hydrogen-bond acceptors (Lipinski definition) is 1. The van der Waals surface area contributed by atoms with Crippen LogP contribution >= 0.6 is 11.8 Å². The van der Waals surface area contributed by atoms with E-state index in [0.29, 0.717) is 0 Å². The molecule has 2 rings (SSSR count). The van der Waals surface area contributed by atoms with E-state index in [2.05, 4.69) is 0 Å². The van der Waals surface area contributed by atoms with Crippen molar-refractivity contribution in [1.29, 1.82) is 0 Å². The first-order valence-corrected chi connectivity index (χ1v) is 4.36. The number of thioether (sulfide) groups is 1. The van der Waals surface area contributed by atoms with Crippen LogP contribution < -0.4 is 0 Å². The first-order valence-electron chi connectivity index (χ1n) is 3.55. The highest BCUT2D eigenvalue weighted by Crippen LogP contribution is 2.42. The Balaban J connectivity index is 2.49. The molecular weight excluding hydrogens is 159 g/mol. The van der Waals surface area contributed by atoms with Crippen molar-refractivity contribution < 1.29 is 4.39 Å². The van der Waals surface area contributed by atoms with Gasteiger partial charge in [0.05, 0.1) is 0 Å². The third-order valence-electron chi connectivity index (χ3n) is 1.76. The summed E-state index contributed by atoms with van der Waals surface area (Å²) in [6.07, 6.45) is 0.928. The molecule has 0 spiro atoms. The van der Waals surface area contributed by atoms with E-state index in [1.165, 1.54) is 11.3 Å². The average Bonchev–Trinajstić information content (AvgIpc) is 2.31. The van der Waals surface area contributed by atoms with Crippen LogP contribution in [0.25, 0.3) is 0 Å². The smallest absolute Gasteiger partial charge is 0.137 e. The Labute approximate surface area is 69.8 Å². The molecule has 57 valence electrons. The van der Waals surface area contributed by atoms with E-state index < -0.39 is 0 Å². The maximum absolute atomic E-state index is 13.0. The standard InChI is InChI=1S/C9H8FS/c1-6-5-7-3-2-4-8(10)9(7)11-6/h2-4H,5H2,1H3. The topological polar surface area (TPSA) is 0 Å². The largest absolute Gasteiger partial charge is 0.206 e. The van der Waals surface area contributed by atoms with E-state index in [0.717, 1.165) is 16.9 Å². The predicted molar refractivity (Wildman–Crippen MR) is 44.9 cm³/mol. The summed E-state index contributed by atoms with van der Waals surface area (Å²) < 4.78 is 13.0. The molecule has 0 N–H and O–H groups in total. The Bertz CT molecular complexity index is 283. The third kappa shape index (κ3) is 1.16. The van der Waals surface area contributed by atoms with E-state index in [-0.39, 0.29) is 5.82 Å². The van der Waals surface area contributed by atoms with Crippen LogP contribution in [-0.4, -0.2) is 0 Å². The van der Waals surface area contributed by atoms with Gasteiger partial charge in [-0.25, -0.2) is 4.39 Å². The molecule has 0 bridgehead atoms. The number of fused-ring (bicyclic) bond motifs is 1. The summed E-state index contributed by atoms with van der Waals surface area (Å²) in [5, 5.41) is 1.28. The van der Waals surface area contributed by atoms with Crippen molar-refractivity contribution in [2.45, 2.75) is 18.2 Å². The quantitative estimate of drug-likeness (QED) is 0.572. The fraction of sp³-hybridized carbons (Fsp3) is 0.222. The Kier molecular flexibility index (Phi) is 1.64. The molecule has 0 saturated carbocycles. The number of benzene rings is 1. The lowest BCUT2D eigenvalue weighted by Gasteiger charge is -1.96. The van der Waals surface area contributed by atoms with E-state index in [1.807, 2.05) is 13.0 Å². The molecule has 1 radical (unpaired) electrons. The first kappa shape index (κ1) is 7.17. The molecule has 1 aromatic rings. The molecule has 11 heavy (non-hydrogen) atoms. The molecule has 1 heterocycles. The molecule has 0 saturated heterocycles. The SMILES string of the molecule is C[C]1Cc2cccc(F)c2S1. The maximum atomic E-state index is 13.0. The zero-order valence-corrected chi connectivity index (χ0v) is 7.04. The molecule has 1 aromatic carbocycles. The second-order valence-corrected chi connectivity index (χ2v) is 4.02. The summed E-state index contributed by atoms with van der Waals surface area (Å²) >= 11 is 1.56. The maximum Gasteiger partial charge on any atom is 0.137 e. The monoisotopic (exact) mass is 167 g/mol. The number of rotatable bonds is 0. The van der Waals surface area contributed by atoms with E-state index in [9.17, 15) is 4.39 Å². The Morgan fingerprint density at radius 2 is 2.27 bits per heavy atom. The second kappa shape index (κ2) is 2.52. The average molecular weight is 167 g/mol. The molecule has 0 aromatic heterocycles. The molecule has 1 aliphatic heterocycles. The van der Waals surface area contributed by atoms with Gasteiger partial charge in [-0.15, -0.1) is 11.8 Å². The van der Waals surface area contributed by atoms with Crippen LogP contribution in [0.2, 0.25) is 0 Å². The summed E-state index contributed by atoms with van der Waals surface area (Å²) in [7, 11) is 0. The van der Waals surface area contributed by atoms with Crippen LogP contribution in [0.4, 0.5) is 4.39 Å². The third-order valence-corrected chi connectivity index (χ3v) is 2.92. The molecular formula is C9H8FS. The van der Waals surface area contributed by atoms with Gasteiger partial charge < -0.3 is 0 Å². The van der Waals surface area contributed by atoms with Crippen molar-refractivity contribution in [2.24, 2.45) is 0 Å². The van der Waals surface area contributed by atoms with Gasteiger partial charge in [0.1, 0.15) is 5.82 Å². The Morgan fingerprint density at radius 3 is 3.00 bits per heavy atom. The molecule has 0 aliphatic carbocycles. The van der Waals surface area contributed by atoms with Crippen LogP contribution in [0.5, 0.6) is 0 Å². The molecule has 0 amide bonds. The van der Waals surface area contributed by atoms with Crippen LogP contribution in [-0.2, 0) is 6.42 Å². The van der Waals surface area contributed by atoms with Gasteiger partial charge in [-0.3, -0.25) is 0 Å². The van der Waals surface area contributed by atoms with E-state index in [4.69, 9.17) is 0 Å². The zero-order valence-electron chi connectivity index (χ0n) is 6.23. The highest BCUT2D eigenvalue weighted by molar-refractivity contribution is 8.02. The lowest BCUT2D eigenvalue weighted by Crippen LogP contribution is -1.83. The summed E-state index contributed by atoms with van der Waals surface area (Å²) in [4.78, 5) is 0.824. The minimum Gasteiger partial charge on any atom is -0.206 e. The van der Waals surface area contributed by atoms with Crippen molar-refractivity contribution in [3.8, 4) is 0 Å². The molecule has 0 atom stereocenters. The lowest BCUT2D eigenvalue weighted by atomic mass is 10.1. The van der Waals surface area contributed by atoms with Gasteiger partial charge in [0, 0.05) is 10.1 Å². The van der Waals surface area contributed by atoms with Gasteiger partial charge in [-0.2, -0.15) is 0 Å². The molecule has 1 aliphatic rings. The fourth-order valence-electron chi connectivity index (χ4n) is 1.29. The zero-order chi connectivity index (χ0) is 7.84. The highest BCUT2D eigenvalue weighted by Gasteiger charge is 2.21. The van der Waals surface area contributed by atoms with Gasteiger partial charge in [0.25, 0.3) is 0 Å². The van der Waals surface area contributed by atoms with Crippen molar-refractivity contribution >= 4 is 11.8 Å². The highest BCUT2D eigenvalue weighted by atomic mass is 32.2. The summed E-state index contributed by atoms with van der Waals surface area (Å²) in [6, 6.07) is 5.28. The second-order valence-electron chi connectivity index (χ2n) is 2.71. The van der Waals surface area contributed by atoms with Crippen LogP contribution in [0, 0.1) is 11.1 Å². The van der Waals surface area contributed by atoms with Crippen molar-refractivity contribution in [3.63, 3.8) is 0 Å². The predicted octanol–water partition coefficient (Wildman–Crippen LogP) is 3.03. The Hall–Kier alpha value is -0.500. The minimum atomic E-state index is -0.0793. The van der Waals surface area contributed by atoms with Gasteiger partial charge in [0.2, 0.25) is 0 Å². The molecule has 0 nitrogen and oxygen atoms in total. The van der Waals surface area contributed by atoms with Crippen molar-refractivity contribution in [1.82, 2.24) is 0 Å². The van der Waals surface area contributed by atoms with Gasteiger partial charge >= 0.3 is 0 Å². The molecule has 2 heteroatoms. The van der Waals surface area contributed by atoms with Crippen LogP contribution in [0.15, 0.2) is 23.1 Å². The fourth-order valence-corrected chi connectivity index (χ4v) is 2.30. The summed E-state index contributed by atoms with van der Waals surface area (Å²) in [5.74, 6) is -0.0793.